The summed E-state index contributed by atoms with van der Waals surface area (Å²) in [6.07, 6.45) is 0. The van der Waals surface area contributed by atoms with E-state index in [2.05, 4.69) is 41.7 Å². The first-order valence-corrected chi connectivity index (χ1v) is 13.5. The third kappa shape index (κ3) is 7.40. The molecule has 0 unspecified atom stereocenters. The predicted octanol–water partition coefficient (Wildman–Crippen LogP) is 0.732. The van der Waals surface area contributed by atoms with Crippen molar-refractivity contribution in [2.45, 2.75) is 0 Å². The fourth-order valence-corrected chi connectivity index (χ4v) is 8.16. The Labute approximate surface area is 210 Å². The molecule has 0 bridgehead atoms. The fourth-order valence-electron chi connectivity index (χ4n) is 3.26. The number of amides is 2. The Morgan fingerprint density at radius 3 is 1.32 bits per heavy atom. The van der Waals surface area contributed by atoms with Gasteiger partial charge in [-0.05, 0) is 36.4 Å². The summed E-state index contributed by atoms with van der Waals surface area (Å²) in [5.74, 6) is 0. The first kappa shape index (κ1) is 28.1. The molecule has 180 valence electrons. The van der Waals surface area contributed by atoms with Crippen molar-refractivity contribution in [1.29, 1.82) is 0 Å². The number of nitrogens with zero attached hydrogens (tertiary/aromatic N) is 1. The van der Waals surface area contributed by atoms with E-state index in [-0.39, 0.29) is 10.5 Å². The molecule has 0 radical (unpaired) electrons. The van der Waals surface area contributed by atoms with Crippen LogP contribution in [0.15, 0.2) is 101 Å². The first-order valence-electron chi connectivity index (χ1n) is 9.71. The lowest BCUT2D eigenvalue weighted by molar-refractivity contribution is -1.92. The topological polar surface area (TPSA) is 122 Å². The van der Waals surface area contributed by atoms with Gasteiger partial charge in [0.1, 0.15) is 15.9 Å². The second-order valence-corrected chi connectivity index (χ2v) is 12.1. The fraction of sp³-hybridized carbons (Fsp3) is 0.0870. The van der Waals surface area contributed by atoms with Crippen LogP contribution in [-0.2, 0) is 0 Å². The quantitative estimate of drug-likeness (QED) is 0.459. The minimum Gasteiger partial charge on any atom is -0.331 e. The molecule has 0 aromatic heterocycles. The third-order valence-corrected chi connectivity index (χ3v) is 9.44. The molecule has 0 aliphatic rings. The number of hydrogen-bond donors (Lipinski definition) is 2. The van der Waals surface area contributed by atoms with E-state index in [9.17, 15) is 4.79 Å². The molecule has 0 aliphatic carbocycles. The summed E-state index contributed by atoms with van der Waals surface area (Å²) in [4.78, 5) is 14.1. The van der Waals surface area contributed by atoms with Crippen molar-refractivity contribution in [3.8, 4) is 0 Å². The van der Waals surface area contributed by atoms with Gasteiger partial charge in [-0.2, -0.15) is 14.0 Å². The average Bonchev–Trinajstić information content (AvgIpc) is 2.79. The lowest BCUT2D eigenvalue weighted by atomic mass is 10.4. The van der Waals surface area contributed by atoms with E-state index < -0.39 is 17.5 Å². The zero-order valence-electron chi connectivity index (χ0n) is 18.3. The molecule has 0 aliphatic heterocycles. The van der Waals surface area contributed by atoms with Gasteiger partial charge < -0.3 is 4.90 Å². The number of benzene rings is 3. The Hall–Kier alpha value is -2.19. The minimum absolute atomic E-state index is 0.0464. The van der Waals surface area contributed by atoms with Crippen molar-refractivity contribution < 1.29 is 33.7 Å². The van der Waals surface area contributed by atoms with Crippen LogP contribution in [0.5, 0.6) is 0 Å². The second-order valence-electron chi connectivity index (χ2n) is 7.01. The Morgan fingerprint density at radius 2 is 1.09 bits per heavy atom. The van der Waals surface area contributed by atoms with Crippen molar-refractivity contribution >= 4 is 52.4 Å². The van der Waals surface area contributed by atoms with Crippen molar-refractivity contribution in [2.24, 2.45) is 0 Å². The Balaban J connectivity index is 0.000000739. The van der Waals surface area contributed by atoms with E-state index in [1.165, 1.54) is 4.90 Å². The molecule has 2 N–H and O–H groups in total. The van der Waals surface area contributed by atoms with Crippen LogP contribution in [0.4, 0.5) is 4.79 Å². The highest BCUT2D eigenvalue weighted by Gasteiger charge is 2.52. The van der Waals surface area contributed by atoms with Crippen LogP contribution >= 0.6 is 30.5 Å². The summed E-state index contributed by atoms with van der Waals surface area (Å²) in [7, 11) is -3.88. The van der Waals surface area contributed by atoms with E-state index in [1.807, 2.05) is 54.6 Å². The number of rotatable bonds is 5. The maximum absolute atomic E-state index is 12.7. The summed E-state index contributed by atoms with van der Waals surface area (Å²) in [6.45, 7) is 0. The zero-order chi connectivity index (χ0) is 25.4. The van der Waals surface area contributed by atoms with Gasteiger partial charge in [0.15, 0.2) is 11.8 Å². The molecule has 3 aromatic rings. The summed E-state index contributed by atoms with van der Waals surface area (Å²) in [5, 5.41) is 6.14. The molecule has 0 fully saturated rings. The molecular formula is C23H23Cl3N2O5P+. The molecule has 0 spiro atoms. The van der Waals surface area contributed by atoms with Crippen LogP contribution in [0.3, 0.4) is 0 Å². The van der Waals surface area contributed by atoms with E-state index in [1.54, 1.807) is 14.1 Å². The van der Waals surface area contributed by atoms with Crippen LogP contribution in [0.2, 0.25) is 0 Å². The van der Waals surface area contributed by atoms with E-state index >= 15 is 0 Å². The zero-order valence-corrected chi connectivity index (χ0v) is 21.4. The summed E-state index contributed by atoms with van der Waals surface area (Å²) < 4.78 is 32.8. The Morgan fingerprint density at radius 1 is 0.794 bits per heavy atom. The highest BCUT2D eigenvalue weighted by atomic mass is 35.7. The largest absolute Gasteiger partial charge is 0.331 e. The lowest BCUT2D eigenvalue weighted by Crippen LogP contribution is -2.58. The SMILES string of the molecule is CN(C)C(=O)NC(=C(Cl)Cl)[P+](c1ccccc1)(c1ccccc1)c1ccccc1.[O-][Cl+3]([O-])([O-])O. The van der Waals surface area contributed by atoms with Crippen molar-refractivity contribution in [3.63, 3.8) is 0 Å². The summed E-state index contributed by atoms with van der Waals surface area (Å²) in [5.41, 5.74) is 0.517. The van der Waals surface area contributed by atoms with Crippen molar-refractivity contribution in [1.82, 2.24) is 10.2 Å². The summed E-state index contributed by atoms with van der Waals surface area (Å²) in [6, 6.07) is 29.9. The molecule has 0 heterocycles. The maximum atomic E-state index is 12.7. The van der Waals surface area contributed by atoms with Gasteiger partial charge in [0, 0.05) is 14.1 Å². The highest BCUT2D eigenvalue weighted by molar-refractivity contribution is 7.99. The normalized spacial score (nSPS) is 11.1. The molecule has 0 atom stereocenters. The van der Waals surface area contributed by atoms with Gasteiger partial charge in [0.25, 0.3) is 0 Å². The predicted molar refractivity (Wildman–Crippen MR) is 128 cm³/mol. The van der Waals surface area contributed by atoms with Gasteiger partial charge in [-0.25, -0.2) is 4.79 Å². The molecule has 34 heavy (non-hydrogen) atoms. The van der Waals surface area contributed by atoms with Crippen LogP contribution < -0.4 is 35.2 Å². The monoisotopic (exact) mass is 543 g/mol. The number of urea groups is 1. The van der Waals surface area contributed by atoms with Gasteiger partial charge in [0.05, 0.1) is 14.9 Å². The van der Waals surface area contributed by atoms with Crippen molar-refractivity contribution in [3.05, 3.63) is 101 Å². The van der Waals surface area contributed by atoms with Gasteiger partial charge in [-0.3, -0.25) is 5.32 Å². The molecule has 3 rings (SSSR count). The number of halogens is 3. The molecule has 7 nitrogen and oxygen atoms in total. The number of carbonyl (C=O) groups excluding carboxylic acids is 1. The van der Waals surface area contributed by atoms with Gasteiger partial charge in [-0.1, -0.05) is 77.8 Å². The van der Waals surface area contributed by atoms with Crippen LogP contribution in [0.25, 0.3) is 0 Å². The van der Waals surface area contributed by atoms with E-state index in [4.69, 9.17) is 41.8 Å². The van der Waals surface area contributed by atoms with Crippen molar-refractivity contribution in [2.75, 3.05) is 14.1 Å². The molecule has 3 aromatic carbocycles. The maximum Gasteiger partial charge on any atom is 0.323 e. The Kier molecular flexibility index (Phi) is 10.3. The molecule has 11 heteroatoms. The molecule has 0 saturated heterocycles. The summed E-state index contributed by atoms with van der Waals surface area (Å²) >= 11 is 12.9. The minimum atomic E-state index is -4.69. The molecule has 2 amide bonds. The smallest absolute Gasteiger partial charge is 0.323 e. The molecule has 0 saturated carbocycles. The number of nitrogens with one attached hydrogen (secondary N) is 1. The van der Waals surface area contributed by atoms with Gasteiger partial charge >= 0.3 is 6.03 Å². The van der Waals surface area contributed by atoms with Gasteiger partial charge in [0.2, 0.25) is 5.44 Å². The number of carbonyl (C=O) groups is 1. The van der Waals surface area contributed by atoms with E-state index in [0.29, 0.717) is 5.44 Å². The average molecular weight is 545 g/mol. The first-order chi connectivity index (χ1) is 16.0. The van der Waals surface area contributed by atoms with E-state index in [0.717, 1.165) is 15.9 Å². The third-order valence-electron chi connectivity index (χ3n) is 4.58. The Bertz CT molecular complexity index is 989. The lowest BCUT2D eigenvalue weighted by Gasteiger charge is -2.30. The van der Waals surface area contributed by atoms with Crippen LogP contribution in [0, 0.1) is 10.2 Å². The van der Waals surface area contributed by atoms with Gasteiger partial charge in [-0.15, -0.1) is 0 Å². The van der Waals surface area contributed by atoms with Crippen LogP contribution in [-0.4, -0.2) is 29.7 Å². The number of hydrogen-bond acceptors (Lipinski definition) is 5. The highest BCUT2D eigenvalue weighted by Crippen LogP contribution is 2.63. The second kappa shape index (κ2) is 12.5. The van der Waals surface area contributed by atoms with Crippen LogP contribution in [0.1, 0.15) is 0 Å². The molecular weight excluding hydrogens is 522 g/mol. The standard InChI is InChI=1S/C23H21Cl2N2OP.ClHO4/c1-27(2)23(28)26-22(21(24)25)29(18-12-6-3-7-13-18,19-14-8-4-9-15-19)20-16-10-5-11-17-20;2-1(3,4)5/h3-17H,1-2H3;(H,2,3,4,5)/p+1.